The van der Waals surface area contributed by atoms with Crippen molar-refractivity contribution in [3.05, 3.63) is 35.4 Å². The molecule has 0 spiro atoms. The quantitative estimate of drug-likeness (QED) is 0.770. The van der Waals surface area contributed by atoms with Gasteiger partial charge in [-0.1, -0.05) is 38.1 Å². The lowest BCUT2D eigenvalue weighted by atomic mass is 10.0. The fourth-order valence-electron chi connectivity index (χ4n) is 1.68. The van der Waals surface area contributed by atoms with E-state index < -0.39 is 9.84 Å². The normalized spacial score (nSPS) is 12.0. The van der Waals surface area contributed by atoms with Crippen molar-refractivity contribution in [2.24, 2.45) is 0 Å². The van der Waals surface area contributed by atoms with Crippen molar-refractivity contribution in [3.63, 3.8) is 0 Å². The maximum absolute atomic E-state index is 10.9. The molecule has 1 aromatic carbocycles. The first-order valence-corrected chi connectivity index (χ1v) is 8.42. The molecule has 1 aromatic rings. The molecule has 0 saturated carbocycles. The van der Waals surface area contributed by atoms with Gasteiger partial charge in [0.25, 0.3) is 0 Å². The molecule has 0 aliphatic heterocycles. The Labute approximate surface area is 111 Å². The Bertz CT molecular complexity index is 449. The molecule has 18 heavy (non-hydrogen) atoms. The maximum atomic E-state index is 10.9. The first-order valence-electron chi connectivity index (χ1n) is 6.36. The highest BCUT2D eigenvalue weighted by molar-refractivity contribution is 7.90. The maximum Gasteiger partial charge on any atom is 0.148 e. The van der Waals surface area contributed by atoms with Crippen LogP contribution in [0.15, 0.2) is 24.3 Å². The van der Waals surface area contributed by atoms with Crippen LogP contribution in [0.1, 0.15) is 30.9 Å². The minimum Gasteiger partial charge on any atom is -0.315 e. The van der Waals surface area contributed by atoms with E-state index in [1.807, 2.05) is 0 Å². The van der Waals surface area contributed by atoms with Gasteiger partial charge in [-0.25, -0.2) is 8.42 Å². The lowest BCUT2D eigenvalue weighted by Gasteiger charge is -2.07. The predicted molar refractivity (Wildman–Crippen MR) is 76.8 cm³/mol. The van der Waals surface area contributed by atoms with Crippen LogP contribution in [0.25, 0.3) is 0 Å². The van der Waals surface area contributed by atoms with Gasteiger partial charge in [0.1, 0.15) is 9.84 Å². The van der Waals surface area contributed by atoms with Crippen LogP contribution in [0.2, 0.25) is 0 Å². The van der Waals surface area contributed by atoms with E-state index in [9.17, 15) is 8.42 Å². The second-order valence-corrected chi connectivity index (χ2v) is 7.29. The molecule has 0 unspecified atom stereocenters. The van der Waals surface area contributed by atoms with E-state index in [-0.39, 0.29) is 5.75 Å². The SMILES string of the molecule is CC(C)c1ccc(CCNCCS(C)(=O)=O)cc1. The molecule has 0 radical (unpaired) electrons. The standard InChI is InChI=1S/C14H23NO2S/c1-12(2)14-6-4-13(5-7-14)8-9-15-10-11-18(3,16)17/h4-7,12,15H,8-11H2,1-3H3. The summed E-state index contributed by atoms with van der Waals surface area (Å²) in [4.78, 5) is 0. The summed E-state index contributed by atoms with van der Waals surface area (Å²) < 4.78 is 21.9. The smallest absolute Gasteiger partial charge is 0.148 e. The van der Waals surface area contributed by atoms with Crippen LogP contribution in [0.3, 0.4) is 0 Å². The average molecular weight is 269 g/mol. The summed E-state index contributed by atoms with van der Waals surface area (Å²) in [6, 6.07) is 8.62. The Morgan fingerprint density at radius 1 is 1.11 bits per heavy atom. The van der Waals surface area contributed by atoms with Crippen molar-refractivity contribution in [2.45, 2.75) is 26.2 Å². The minimum absolute atomic E-state index is 0.208. The predicted octanol–water partition coefficient (Wildman–Crippen LogP) is 1.99. The number of rotatable bonds is 7. The second kappa shape index (κ2) is 6.90. The number of hydrogen-bond acceptors (Lipinski definition) is 3. The molecule has 0 heterocycles. The lowest BCUT2D eigenvalue weighted by Crippen LogP contribution is -2.24. The summed E-state index contributed by atoms with van der Waals surface area (Å²) >= 11 is 0. The molecule has 0 fully saturated rings. The van der Waals surface area contributed by atoms with Crippen molar-refractivity contribution in [2.75, 3.05) is 25.1 Å². The Morgan fingerprint density at radius 2 is 1.72 bits per heavy atom. The van der Waals surface area contributed by atoms with Gasteiger partial charge in [0.05, 0.1) is 5.75 Å². The van der Waals surface area contributed by atoms with Gasteiger partial charge in [-0.3, -0.25) is 0 Å². The Kier molecular flexibility index (Phi) is 5.82. The highest BCUT2D eigenvalue weighted by Gasteiger charge is 2.01. The highest BCUT2D eigenvalue weighted by atomic mass is 32.2. The van der Waals surface area contributed by atoms with Gasteiger partial charge >= 0.3 is 0 Å². The number of nitrogens with one attached hydrogen (secondary N) is 1. The first kappa shape index (κ1) is 15.2. The van der Waals surface area contributed by atoms with Crippen molar-refractivity contribution in [3.8, 4) is 0 Å². The molecule has 1 N–H and O–H groups in total. The number of sulfone groups is 1. The van der Waals surface area contributed by atoms with Crippen LogP contribution >= 0.6 is 0 Å². The number of hydrogen-bond donors (Lipinski definition) is 1. The van der Waals surface area contributed by atoms with Gasteiger partial charge in [0, 0.05) is 12.8 Å². The lowest BCUT2D eigenvalue weighted by molar-refractivity contribution is 0.596. The molecule has 4 heteroatoms. The van der Waals surface area contributed by atoms with Crippen molar-refractivity contribution in [1.82, 2.24) is 5.32 Å². The third-order valence-electron chi connectivity index (χ3n) is 2.89. The topological polar surface area (TPSA) is 46.2 Å². The third-order valence-corrected chi connectivity index (χ3v) is 3.83. The van der Waals surface area contributed by atoms with Gasteiger partial charge in [-0.05, 0) is 30.0 Å². The molecule has 0 saturated heterocycles. The zero-order chi connectivity index (χ0) is 13.6. The van der Waals surface area contributed by atoms with E-state index in [4.69, 9.17) is 0 Å². The van der Waals surface area contributed by atoms with Gasteiger partial charge < -0.3 is 5.32 Å². The van der Waals surface area contributed by atoms with E-state index in [1.54, 1.807) is 0 Å². The summed E-state index contributed by atoms with van der Waals surface area (Å²) in [5.74, 6) is 0.770. The van der Waals surface area contributed by atoms with Crippen LogP contribution in [0.5, 0.6) is 0 Å². The Morgan fingerprint density at radius 3 is 2.22 bits per heavy atom. The van der Waals surface area contributed by atoms with Crippen LogP contribution in [0.4, 0.5) is 0 Å². The summed E-state index contributed by atoms with van der Waals surface area (Å²) in [6.07, 6.45) is 2.20. The molecule has 0 amide bonds. The first-order chi connectivity index (χ1) is 8.38. The number of benzene rings is 1. The van der Waals surface area contributed by atoms with Crippen LogP contribution in [-0.2, 0) is 16.3 Å². The molecule has 102 valence electrons. The molecule has 0 aromatic heterocycles. The second-order valence-electron chi connectivity index (χ2n) is 5.03. The summed E-state index contributed by atoms with van der Waals surface area (Å²) in [5, 5.41) is 3.15. The van der Waals surface area contributed by atoms with Gasteiger partial charge in [-0.2, -0.15) is 0 Å². The van der Waals surface area contributed by atoms with E-state index >= 15 is 0 Å². The summed E-state index contributed by atoms with van der Waals surface area (Å²) in [6.45, 7) is 5.71. The van der Waals surface area contributed by atoms with Crippen molar-refractivity contribution >= 4 is 9.84 Å². The molecule has 1 rings (SSSR count). The van der Waals surface area contributed by atoms with Crippen LogP contribution < -0.4 is 5.32 Å². The molecule has 3 nitrogen and oxygen atoms in total. The fraction of sp³-hybridized carbons (Fsp3) is 0.571. The highest BCUT2D eigenvalue weighted by Crippen LogP contribution is 2.14. The monoisotopic (exact) mass is 269 g/mol. The van der Waals surface area contributed by atoms with Gasteiger partial charge in [0.2, 0.25) is 0 Å². The molecule has 0 aliphatic carbocycles. The molecular weight excluding hydrogens is 246 g/mol. The zero-order valence-corrected chi connectivity index (χ0v) is 12.3. The Hall–Kier alpha value is -0.870. The third kappa shape index (κ3) is 6.17. The van der Waals surface area contributed by atoms with E-state index in [2.05, 4.69) is 43.4 Å². The van der Waals surface area contributed by atoms with Crippen LogP contribution in [-0.4, -0.2) is 33.5 Å². The van der Waals surface area contributed by atoms with E-state index in [0.29, 0.717) is 12.5 Å². The average Bonchev–Trinajstić information content (AvgIpc) is 2.27. The minimum atomic E-state index is -2.85. The fourth-order valence-corrected chi connectivity index (χ4v) is 2.20. The largest absolute Gasteiger partial charge is 0.315 e. The van der Waals surface area contributed by atoms with Crippen LogP contribution in [0, 0.1) is 0 Å². The molecule has 0 bridgehead atoms. The van der Waals surface area contributed by atoms with Crippen molar-refractivity contribution < 1.29 is 8.42 Å². The molecule has 0 atom stereocenters. The van der Waals surface area contributed by atoms with Crippen molar-refractivity contribution in [1.29, 1.82) is 0 Å². The Balaban J connectivity index is 2.27. The van der Waals surface area contributed by atoms with Gasteiger partial charge in [0.15, 0.2) is 0 Å². The molecular formula is C14H23NO2S. The molecule has 0 aliphatic rings. The van der Waals surface area contributed by atoms with Gasteiger partial charge in [-0.15, -0.1) is 0 Å². The van der Waals surface area contributed by atoms with E-state index in [0.717, 1.165) is 13.0 Å². The zero-order valence-electron chi connectivity index (χ0n) is 11.4. The summed E-state index contributed by atoms with van der Waals surface area (Å²) in [5.41, 5.74) is 2.63. The summed E-state index contributed by atoms with van der Waals surface area (Å²) in [7, 11) is -2.85. The van der Waals surface area contributed by atoms with E-state index in [1.165, 1.54) is 17.4 Å².